The van der Waals surface area contributed by atoms with Crippen LogP contribution in [0.3, 0.4) is 0 Å². The second kappa shape index (κ2) is 17.8. The van der Waals surface area contributed by atoms with E-state index in [1.807, 2.05) is 43.0 Å². The fourth-order valence-corrected chi connectivity index (χ4v) is 2.41. The molecule has 1 aromatic rings. The first-order valence-corrected chi connectivity index (χ1v) is 9.50. The van der Waals surface area contributed by atoms with Crippen molar-refractivity contribution >= 4 is 17.5 Å². The number of benzene rings is 1. The van der Waals surface area contributed by atoms with Gasteiger partial charge in [0.05, 0.1) is 0 Å². The molecule has 0 aromatic heterocycles. The van der Waals surface area contributed by atoms with Gasteiger partial charge in [-0.05, 0) is 29.9 Å². The Labute approximate surface area is 178 Å². The van der Waals surface area contributed by atoms with E-state index in [9.17, 15) is 4.79 Å². The summed E-state index contributed by atoms with van der Waals surface area (Å²) in [5, 5.41) is 0. The van der Waals surface area contributed by atoms with Crippen LogP contribution in [0, 0.1) is 50.5 Å². The second-order valence-electron chi connectivity index (χ2n) is 5.84. The van der Waals surface area contributed by atoms with Crippen LogP contribution in [0.2, 0.25) is 0 Å². The topological polar surface area (TPSA) is 17.1 Å². The molecule has 0 saturated carbocycles. The van der Waals surface area contributed by atoms with E-state index in [4.69, 9.17) is 0 Å². The van der Waals surface area contributed by atoms with Crippen molar-refractivity contribution in [3.8, 4) is 0 Å². The quantitative estimate of drug-likeness (QED) is 0.258. The van der Waals surface area contributed by atoms with Crippen LogP contribution in [0.1, 0.15) is 68.8 Å². The van der Waals surface area contributed by atoms with Crippen molar-refractivity contribution in [1.82, 2.24) is 0 Å². The normalized spacial score (nSPS) is 10.6. The Balaban J connectivity index is -0.000000386. The molecule has 0 aliphatic carbocycles. The minimum absolute atomic E-state index is 0. The molecule has 24 heavy (non-hydrogen) atoms. The summed E-state index contributed by atoms with van der Waals surface area (Å²) >= 11 is 1.88. The van der Waals surface area contributed by atoms with Crippen LogP contribution >= 0.6 is 11.8 Å². The van der Waals surface area contributed by atoms with E-state index in [0.29, 0.717) is 18.3 Å². The number of Topliss-reactive ketones (excluding diaryl/α,β-unsaturated/α-hetero) is 1. The third-order valence-electron chi connectivity index (χ3n) is 3.48. The molecule has 0 aliphatic rings. The Morgan fingerprint density at radius 1 is 1.21 bits per heavy atom. The molecule has 0 fully saturated rings. The standard InChI is InChI=1S/C13H18O.C7H13S.CH3.U/c1-4-5-13(14)12-8-6-11(7-9-12)10(2)3;1-4-7(2)5-6-8-3;;/h6-10H,4-5H2,1-3H3;7H,1,5-6H2,2-3H3;1H3;/q;2*-1;+2. The van der Waals surface area contributed by atoms with Gasteiger partial charge in [-0.3, -0.25) is 11.4 Å². The van der Waals surface area contributed by atoms with E-state index in [2.05, 4.69) is 39.7 Å². The molecule has 0 aliphatic heterocycles. The van der Waals surface area contributed by atoms with Crippen LogP contribution in [0.5, 0.6) is 0 Å². The molecule has 0 amide bonds. The van der Waals surface area contributed by atoms with Crippen LogP contribution in [0.4, 0.5) is 0 Å². The summed E-state index contributed by atoms with van der Waals surface area (Å²) in [5.74, 6) is 2.58. The Hall–Kier alpha value is 0.0319. The first-order valence-electron chi connectivity index (χ1n) is 8.10. The number of carbonyl (C=O) groups excluding carboxylic acids is 1. The third-order valence-corrected chi connectivity index (χ3v) is 4.12. The van der Waals surface area contributed by atoms with Gasteiger partial charge in [-0.2, -0.15) is 17.7 Å². The molecule has 1 aromatic carbocycles. The van der Waals surface area contributed by atoms with Crippen LogP contribution < -0.4 is 0 Å². The summed E-state index contributed by atoms with van der Waals surface area (Å²) in [7, 11) is 0. The molecule has 1 atom stereocenters. The predicted octanol–water partition coefficient (Wildman–Crippen LogP) is 6.61. The molecule has 1 unspecified atom stereocenters. The Morgan fingerprint density at radius 2 is 1.75 bits per heavy atom. The van der Waals surface area contributed by atoms with Crippen LogP contribution in [-0.2, 0) is 0 Å². The van der Waals surface area contributed by atoms with Gasteiger partial charge >= 0.3 is 31.1 Å². The fourth-order valence-electron chi connectivity index (χ4n) is 1.82. The molecule has 0 saturated heterocycles. The molecule has 0 spiro atoms. The van der Waals surface area contributed by atoms with Gasteiger partial charge in [-0.1, -0.05) is 58.4 Å². The number of carbonyl (C=O) groups is 1. The first kappa shape index (κ1) is 28.8. The molecule has 134 valence electrons. The SMILES string of the molecule is C=[C-]C(C)CCSC.CCCC(=O)c1ccc(C(C)C)cc1.[CH3-].[U+2]. The maximum atomic E-state index is 11.5. The molecule has 0 bridgehead atoms. The number of hydrogen-bond donors (Lipinski definition) is 0. The molecule has 3 heteroatoms. The van der Waals surface area contributed by atoms with E-state index < -0.39 is 0 Å². The maximum Gasteiger partial charge on any atom is 2.00 e. The molecular formula is C21H34OSU. The number of rotatable bonds is 8. The smallest absolute Gasteiger partial charge is 0.501 e. The number of hydrogen-bond acceptors (Lipinski definition) is 2. The van der Waals surface area contributed by atoms with Gasteiger partial charge in [-0.15, -0.1) is 0 Å². The molecule has 0 N–H and O–H groups in total. The van der Waals surface area contributed by atoms with Gasteiger partial charge < -0.3 is 13.5 Å². The zero-order chi connectivity index (χ0) is 17.0. The van der Waals surface area contributed by atoms with Crippen molar-refractivity contribution < 1.29 is 35.9 Å². The third kappa shape index (κ3) is 13.3. The molecule has 1 nitrogen and oxygen atoms in total. The number of ketones is 1. The molecule has 0 radical (unpaired) electrons. The number of thioether (sulfide) groups is 1. The van der Waals surface area contributed by atoms with Crippen LogP contribution in [-0.4, -0.2) is 17.8 Å². The van der Waals surface area contributed by atoms with Crippen LogP contribution in [0.15, 0.2) is 30.8 Å². The summed E-state index contributed by atoms with van der Waals surface area (Å²) in [4.78, 5) is 11.5. The van der Waals surface area contributed by atoms with Gasteiger partial charge in [0.1, 0.15) is 0 Å². The molecule has 0 heterocycles. The summed E-state index contributed by atoms with van der Waals surface area (Å²) in [6, 6.07) is 7.97. The largest absolute Gasteiger partial charge is 2.00 e. The van der Waals surface area contributed by atoms with Gasteiger partial charge in [0.15, 0.2) is 5.78 Å². The maximum absolute atomic E-state index is 11.5. The summed E-state index contributed by atoms with van der Waals surface area (Å²) in [6.07, 6.45) is 7.85. The zero-order valence-electron chi connectivity index (χ0n) is 16.3. The Morgan fingerprint density at radius 3 is 2.12 bits per heavy atom. The van der Waals surface area contributed by atoms with E-state index in [-0.39, 0.29) is 44.3 Å². The van der Waals surface area contributed by atoms with Crippen molar-refractivity contribution in [3.05, 3.63) is 55.5 Å². The van der Waals surface area contributed by atoms with Gasteiger partial charge in [0.2, 0.25) is 0 Å². The average molecular weight is 573 g/mol. The van der Waals surface area contributed by atoms with Gasteiger partial charge in [0, 0.05) is 12.0 Å². The summed E-state index contributed by atoms with van der Waals surface area (Å²) in [6.45, 7) is 12.1. The fraction of sp³-hybridized carbons (Fsp3) is 0.524. The van der Waals surface area contributed by atoms with E-state index in [1.165, 1.54) is 17.7 Å². The minimum atomic E-state index is 0. The summed E-state index contributed by atoms with van der Waals surface area (Å²) < 4.78 is 0. The van der Waals surface area contributed by atoms with Crippen molar-refractivity contribution in [2.45, 2.75) is 52.9 Å². The number of allylic oxidation sites excluding steroid dienone is 1. The van der Waals surface area contributed by atoms with E-state index >= 15 is 0 Å². The van der Waals surface area contributed by atoms with Crippen molar-refractivity contribution in [2.24, 2.45) is 5.92 Å². The van der Waals surface area contributed by atoms with Gasteiger partial charge in [-0.25, -0.2) is 0 Å². The average Bonchev–Trinajstić information content (AvgIpc) is 2.53. The zero-order valence-corrected chi connectivity index (χ0v) is 21.3. The molecule has 1 rings (SSSR count). The van der Waals surface area contributed by atoms with Crippen LogP contribution in [0.25, 0.3) is 0 Å². The van der Waals surface area contributed by atoms with Gasteiger partial charge in [0.25, 0.3) is 0 Å². The monoisotopic (exact) mass is 572 g/mol. The van der Waals surface area contributed by atoms with Crippen molar-refractivity contribution in [1.29, 1.82) is 0 Å². The molecular weight excluding hydrogens is 538 g/mol. The minimum Gasteiger partial charge on any atom is -0.501 e. The first-order chi connectivity index (χ1) is 10.5. The van der Waals surface area contributed by atoms with Crippen molar-refractivity contribution in [2.75, 3.05) is 12.0 Å². The van der Waals surface area contributed by atoms with E-state index in [1.54, 1.807) is 0 Å². The van der Waals surface area contributed by atoms with E-state index in [0.717, 1.165) is 12.0 Å². The Bertz CT molecular complexity index is 426. The summed E-state index contributed by atoms with van der Waals surface area (Å²) in [5.41, 5.74) is 2.13. The Kier molecular flexibility index (Phi) is 21.4. The van der Waals surface area contributed by atoms with Crippen molar-refractivity contribution in [3.63, 3.8) is 0 Å². The predicted molar refractivity (Wildman–Crippen MR) is 107 cm³/mol. The second-order valence-corrected chi connectivity index (χ2v) is 6.82.